The topological polar surface area (TPSA) is 25.8 Å². The number of pyridine rings is 2. The van der Waals surface area contributed by atoms with Crippen molar-refractivity contribution in [2.45, 2.75) is 51.8 Å². The standard InChI is InChI=1S/C18H12NS.C18H20N.Ir/c1-12-9-10-16(19-11-12)15-7-4-6-14-13-5-2-3-8-17(13)20-18(14)15;1-14-12-18(16-10-6-3-7-11-16)19-13-17(14)15-8-4-2-5-9-15;/h2-6,8-11H,1H3;3,6-7,10,12-13,15H,2,4-5,8-9H2,1H3;/q2*-1;/i1D3,9D,10D;;. The van der Waals surface area contributed by atoms with E-state index in [4.69, 9.17) is 6.85 Å². The Bertz CT molecular complexity index is 1930. The van der Waals surface area contributed by atoms with Crippen LogP contribution in [0.2, 0.25) is 0 Å². The molecule has 0 unspecified atom stereocenters. The summed E-state index contributed by atoms with van der Waals surface area (Å²) in [5.74, 6) is 0.732. The molecule has 3 heterocycles. The minimum absolute atomic E-state index is 0. The summed E-state index contributed by atoms with van der Waals surface area (Å²) in [7, 11) is 0. The fourth-order valence-electron chi connectivity index (χ4n) is 5.42. The van der Waals surface area contributed by atoms with Crippen LogP contribution in [-0.2, 0) is 20.1 Å². The zero-order chi connectivity index (χ0) is 30.8. The number of benzene rings is 3. The van der Waals surface area contributed by atoms with Crippen molar-refractivity contribution in [3.05, 3.63) is 120 Å². The van der Waals surface area contributed by atoms with Gasteiger partial charge < -0.3 is 9.97 Å². The van der Waals surface area contributed by atoms with Crippen molar-refractivity contribution < 1.29 is 27.0 Å². The summed E-state index contributed by atoms with van der Waals surface area (Å²) in [4.78, 5) is 8.86. The molecule has 0 aliphatic heterocycles. The summed E-state index contributed by atoms with van der Waals surface area (Å²) >= 11 is 1.58. The third-order valence-corrected chi connectivity index (χ3v) is 8.60. The van der Waals surface area contributed by atoms with E-state index >= 15 is 0 Å². The second kappa shape index (κ2) is 13.0. The van der Waals surface area contributed by atoms with E-state index in [1.165, 1.54) is 49.4 Å². The molecule has 3 aromatic heterocycles. The van der Waals surface area contributed by atoms with Crippen molar-refractivity contribution in [2.24, 2.45) is 0 Å². The summed E-state index contributed by atoms with van der Waals surface area (Å²) < 4.78 is 40.8. The Hall–Kier alpha value is -3.17. The van der Waals surface area contributed by atoms with Crippen molar-refractivity contribution in [1.29, 1.82) is 0 Å². The van der Waals surface area contributed by atoms with Gasteiger partial charge in [-0.2, -0.15) is 11.3 Å². The fourth-order valence-corrected chi connectivity index (χ4v) is 6.62. The Morgan fingerprint density at radius 1 is 0.875 bits per heavy atom. The molecule has 1 fully saturated rings. The van der Waals surface area contributed by atoms with E-state index in [0.717, 1.165) is 37.3 Å². The van der Waals surface area contributed by atoms with Gasteiger partial charge in [-0.1, -0.05) is 66.6 Å². The molecule has 0 N–H and O–H groups in total. The number of hydrogen-bond donors (Lipinski definition) is 0. The van der Waals surface area contributed by atoms with Crippen LogP contribution in [0.1, 0.15) is 61.6 Å². The molecule has 0 spiro atoms. The van der Waals surface area contributed by atoms with Gasteiger partial charge in [0.05, 0.1) is 2.74 Å². The van der Waals surface area contributed by atoms with E-state index in [2.05, 4.69) is 47.4 Å². The van der Waals surface area contributed by atoms with Crippen LogP contribution in [-0.4, -0.2) is 9.97 Å². The van der Waals surface area contributed by atoms with Crippen molar-refractivity contribution in [1.82, 2.24) is 9.97 Å². The first-order valence-electron chi connectivity index (χ1n) is 15.9. The average molecular weight is 722 g/mol. The predicted octanol–water partition coefficient (Wildman–Crippen LogP) is 10.1. The van der Waals surface area contributed by atoms with Crippen molar-refractivity contribution >= 4 is 31.5 Å². The molecule has 7 rings (SSSR count). The predicted molar refractivity (Wildman–Crippen MR) is 165 cm³/mol. The normalized spacial score (nSPS) is 15.6. The maximum absolute atomic E-state index is 8.25. The maximum atomic E-state index is 8.25. The SMILES string of the molecule is Cc1cc(-c2[c-]cccc2)ncc1C1CCCCC1.[2H]c1c(C([2H])([2H])[2H])cnc(-c2[c-]ccc3c2sc2ccccc23)c1[2H].[Ir]. The van der Waals surface area contributed by atoms with Gasteiger partial charge >= 0.3 is 0 Å². The summed E-state index contributed by atoms with van der Waals surface area (Å²) in [5.41, 5.74) is 5.68. The molecule has 4 heteroatoms. The molecule has 2 nitrogen and oxygen atoms in total. The number of nitrogens with zero attached hydrogens (tertiary/aromatic N) is 2. The molecule has 0 bridgehead atoms. The van der Waals surface area contributed by atoms with Gasteiger partial charge in [-0.3, -0.25) is 0 Å². The smallest absolute Gasteiger partial charge is 0.0618 e. The van der Waals surface area contributed by atoms with Gasteiger partial charge in [0.1, 0.15) is 0 Å². The third-order valence-electron chi connectivity index (χ3n) is 7.40. The molecular weight excluding hydrogens is 685 g/mol. The fraction of sp³-hybridized carbons (Fsp3) is 0.222. The van der Waals surface area contributed by atoms with Crippen LogP contribution in [0.15, 0.2) is 91.2 Å². The first kappa shape index (κ1) is 22.5. The van der Waals surface area contributed by atoms with Gasteiger partial charge in [0, 0.05) is 41.3 Å². The molecule has 0 atom stereocenters. The molecule has 0 amide bonds. The van der Waals surface area contributed by atoms with Gasteiger partial charge in [0.2, 0.25) is 0 Å². The molecular formula is C36H32IrN2S-2. The monoisotopic (exact) mass is 722 g/mol. The van der Waals surface area contributed by atoms with E-state index in [1.54, 1.807) is 17.4 Å². The summed E-state index contributed by atoms with van der Waals surface area (Å²) in [6, 6.07) is 27.9. The van der Waals surface area contributed by atoms with Crippen LogP contribution in [0.5, 0.6) is 0 Å². The first-order valence-corrected chi connectivity index (χ1v) is 14.3. The van der Waals surface area contributed by atoms with Crippen LogP contribution in [0.3, 0.4) is 0 Å². The molecule has 40 heavy (non-hydrogen) atoms. The van der Waals surface area contributed by atoms with E-state index < -0.39 is 6.85 Å². The quantitative estimate of drug-likeness (QED) is 0.170. The zero-order valence-electron chi connectivity index (χ0n) is 27.3. The van der Waals surface area contributed by atoms with Gasteiger partial charge in [-0.15, -0.1) is 59.7 Å². The van der Waals surface area contributed by atoms with Crippen molar-refractivity contribution in [3.8, 4) is 22.5 Å². The van der Waals surface area contributed by atoms with E-state index in [0.29, 0.717) is 5.56 Å². The summed E-state index contributed by atoms with van der Waals surface area (Å²) in [6.07, 6.45) is 10.1. The molecule has 3 aromatic carbocycles. The maximum Gasteiger partial charge on any atom is 0.0618 e. The molecule has 1 aliphatic rings. The Balaban J connectivity index is 0.000000180. The molecule has 1 radical (unpaired) electrons. The zero-order valence-corrected chi connectivity index (χ0v) is 25.5. The number of rotatable bonds is 3. The minimum Gasteiger partial charge on any atom is -0.304 e. The van der Waals surface area contributed by atoms with Gasteiger partial charge in [0.25, 0.3) is 0 Å². The number of aromatic nitrogens is 2. The number of hydrogen-bond acceptors (Lipinski definition) is 3. The second-order valence-corrected chi connectivity index (χ2v) is 11.1. The molecule has 1 aliphatic carbocycles. The number of aryl methyl sites for hydroxylation is 2. The summed E-state index contributed by atoms with van der Waals surface area (Å²) in [5, 5.41) is 2.16. The van der Waals surface area contributed by atoms with Crippen molar-refractivity contribution in [2.75, 3.05) is 0 Å². The van der Waals surface area contributed by atoms with Crippen molar-refractivity contribution in [3.63, 3.8) is 0 Å². The first-order chi connectivity index (χ1) is 21.2. The Morgan fingerprint density at radius 2 is 1.70 bits per heavy atom. The second-order valence-electron chi connectivity index (χ2n) is 10.0. The van der Waals surface area contributed by atoms with E-state index in [-0.39, 0.29) is 43.4 Å². The Labute approximate surface area is 261 Å². The van der Waals surface area contributed by atoms with Crippen LogP contribution in [0.25, 0.3) is 42.7 Å². The van der Waals surface area contributed by atoms with Crippen LogP contribution < -0.4 is 0 Å². The molecule has 1 saturated carbocycles. The van der Waals surface area contributed by atoms with Crippen LogP contribution in [0.4, 0.5) is 0 Å². The Kier molecular flexibility index (Phi) is 7.31. The Morgan fingerprint density at radius 3 is 2.50 bits per heavy atom. The summed E-state index contributed by atoms with van der Waals surface area (Å²) in [6.45, 7) is -0.232. The van der Waals surface area contributed by atoms with E-state index in [1.807, 2.05) is 48.5 Å². The third kappa shape index (κ3) is 6.10. The minimum atomic E-state index is -2.45. The molecule has 0 saturated heterocycles. The largest absolute Gasteiger partial charge is 0.304 e. The molecule has 203 valence electrons. The van der Waals surface area contributed by atoms with Gasteiger partial charge in [0.15, 0.2) is 0 Å². The van der Waals surface area contributed by atoms with Gasteiger partial charge in [-0.05, 0) is 71.2 Å². The number of fused-ring (bicyclic) bond motifs is 3. The van der Waals surface area contributed by atoms with Gasteiger partial charge in [-0.25, -0.2) is 0 Å². The average Bonchev–Trinajstić information content (AvgIpc) is 3.42. The number of thiophene rings is 1. The van der Waals surface area contributed by atoms with E-state index in [9.17, 15) is 0 Å². The van der Waals surface area contributed by atoms with Crippen LogP contribution >= 0.6 is 11.3 Å². The molecule has 6 aromatic rings. The van der Waals surface area contributed by atoms with Crippen LogP contribution in [0, 0.1) is 25.9 Å².